The predicted octanol–water partition coefficient (Wildman–Crippen LogP) is 3.84. The molecule has 1 aliphatic carbocycles. The molecule has 1 aliphatic rings. The van der Waals surface area contributed by atoms with Crippen molar-refractivity contribution in [3.8, 4) is 0 Å². The minimum absolute atomic E-state index is 0.656. The van der Waals surface area contributed by atoms with Crippen molar-refractivity contribution in [2.45, 2.75) is 68.8 Å². The van der Waals surface area contributed by atoms with Crippen LogP contribution in [0.3, 0.4) is 0 Å². The van der Waals surface area contributed by atoms with E-state index in [-0.39, 0.29) is 0 Å². The molecule has 0 aliphatic heterocycles. The SMILES string of the molecule is CCCNC1CCC(CCC)CC1Sc1ncc[nH]1. The van der Waals surface area contributed by atoms with Crippen molar-refractivity contribution < 1.29 is 0 Å². The summed E-state index contributed by atoms with van der Waals surface area (Å²) in [5, 5.41) is 5.48. The van der Waals surface area contributed by atoms with Crippen LogP contribution in [0.1, 0.15) is 52.4 Å². The van der Waals surface area contributed by atoms with Crippen molar-refractivity contribution in [3.63, 3.8) is 0 Å². The largest absolute Gasteiger partial charge is 0.340 e. The third-order valence-corrected chi connectivity index (χ3v) is 5.26. The molecule has 0 amide bonds. The Morgan fingerprint density at radius 3 is 2.95 bits per heavy atom. The maximum Gasteiger partial charge on any atom is 0.165 e. The van der Waals surface area contributed by atoms with Gasteiger partial charge in [-0.25, -0.2) is 4.98 Å². The van der Waals surface area contributed by atoms with E-state index >= 15 is 0 Å². The lowest BCUT2D eigenvalue weighted by molar-refractivity contribution is 0.287. The molecule has 1 aromatic rings. The van der Waals surface area contributed by atoms with Crippen molar-refractivity contribution in [2.24, 2.45) is 5.92 Å². The van der Waals surface area contributed by atoms with Gasteiger partial charge in [0.05, 0.1) is 0 Å². The lowest BCUT2D eigenvalue weighted by atomic mass is 9.83. The van der Waals surface area contributed by atoms with Crippen molar-refractivity contribution in [3.05, 3.63) is 12.4 Å². The monoisotopic (exact) mass is 281 g/mol. The summed E-state index contributed by atoms with van der Waals surface area (Å²) in [5.74, 6) is 0.914. The van der Waals surface area contributed by atoms with Gasteiger partial charge in [0.15, 0.2) is 5.16 Å². The molecule has 0 spiro atoms. The summed E-state index contributed by atoms with van der Waals surface area (Å²) in [7, 11) is 0. The normalized spacial score (nSPS) is 27.6. The van der Waals surface area contributed by atoms with Crippen LogP contribution in [-0.2, 0) is 0 Å². The minimum Gasteiger partial charge on any atom is -0.340 e. The molecule has 3 unspecified atom stereocenters. The molecule has 3 nitrogen and oxygen atoms in total. The number of nitrogens with zero attached hydrogens (tertiary/aromatic N) is 1. The smallest absolute Gasteiger partial charge is 0.165 e. The first-order chi connectivity index (χ1) is 9.33. The van der Waals surface area contributed by atoms with E-state index in [0.29, 0.717) is 11.3 Å². The lowest BCUT2D eigenvalue weighted by Gasteiger charge is -2.36. The third-order valence-electron chi connectivity index (χ3n) is 3.99. The van der Waals surface area contributed by atoms with E-state index in [9.17, 15) is 0 Å². The van der Waals surface area contributed by atoms with Crippen molar-refractivity contribution in [1.29, 1.82) is 0 Å². The number of aromatic nitrogens is 2. The highest BCUT2D eigenvalue weighted by Gasteiger charge is 2.30. The fourth-order valence-electron chi connectivity index (χ4n) is 3.03. The Morgan fingerprint density at radius 2 is 2.26 bits per heavy atom. The summed E-state index contributed by atoms with van der Waals surface area (Å²) < 4.78 is 0. The van der Waals surface area contributed by atoms with E-state index in [1.165, 1.54) is 38.5 Å². The van der Waals surface area contributed by atoms with Gasteiger partial charge < -0.3 is 10.3 Å². The molecule has 1 aromatic heterocycles. The quantitative estimate of drug-likeness (QED) is 0.798. The van der Waals surface area contributed by atoms with Crippen LogP contribution in [0.5, 0.6) is 0 Å². The number of rotatable bonds is 7. The fourth-order valence-corrected chi connectivity index (χ4v) is 4.34. The Balaban J connectivity index is 1.93. The van der Waals surface area contributed by atoms with Gasteiger partial charge in [0, 0.05) is 23.7 Å². The van der Waals surface area contributed by atoms with Crippen molar-refractivity contribution in [2.75, 3.05) is 6.54 Å². The molecule has 108 valence electrons. The van der Waals surface area contributed by atoms with Gasteiger partial charge in [0.1, 0.15) is 0 Å². The summed E-state index contributed by atoms with van der Waals surface area (Å²) in [6, 6.07) is 0.656. The average molecular weight is 281 g/mol. The van der Waals surface area contributed by atoms with E-state index < -0.39 is 0 Å². The predicted molar refractivity (Wildman–Crippen MR) is 82.6 cm³/mol. The Morgan fingerprint density at radius 1 is 1.37 bits per heavy atom. The van der Waals surface area contributed by atoms with Crippen LogP contribution in [0.15, 0.2) is 17.6 Å². The summed E-state index contributed by atoms with van der Waals surface area (Å²) in [6.45, 7) is 5.68. The van der Waals surface area contributed by atoms with Gasteiger partial charge in [-0.1, -0.05) is 38.5 Å². The van der Waals surface area contributed by atoms with Crippen molar-refractivity contribution in [1.82, 2.24) is 15.3 Å². The molecule has 4 heteroatoms. The second-order valence-corrected chi connectivity index (χ2v) is 6.81. The molecule has 0 radical (unpaired) electrons. The zero-order valence-electron chi connectivity index (χ0n) is 12.2. The molecule has 1 fully saturated rings. The molecule has 3 atom stereocenters. The van der Waals surface area contributed by atoms with Crippen LogP contribution in [-0.4, -0.2) is 27.8 Å². The van der Waals surface area contributed by atoms with Gasteiger partial charge in [-0.2, -0.15) is 0 Å². The zero-order valence-corrected chi connectivity index (χ0v) is 13.0. The van der Waals surface area contributed by atoms with Gasteiger partial charge in [-0.05, 0) is 38.1 Å². The topological polar surface area (TPSA) is 40.7 Å². The molecular weight excluding hydrogens is 254 g/mol. The van der Waals surface area contributed by atoms with E-state index in [4.69, 9.17) is 0 Å². The molecule has 0 aromatic carbocycles. The first-order valence-electron chi connectivity index (χ1n) is 7.72. The second kappa shape index (κ2) is 7.95. The standard InChI is InChI=1S/C15H27N3S/c1-3-5-12-6-7-13(16-8-4-2)14(11-12)19-15-17-9-10-18-15/h9-10,12-14,16H,3-8,11H2,1-2H3,(H,17,18). The summed E-state index contributed by atoms with van der Waals surface area (Å²) in [6.07, 6.45) is 11.7. The van der Waals surface area contributed by atoms with Crippen LogP contribution < -0.4 is 5.32 Å². The molecule has 19 heavy (non-hydrogen) atoms. The number of hydrogen-bond donors (Lipinski definition) is 2. The molecule has 0 saturated heterocycles. The number of nitrogens with one attached hydrogen (secondary N) is 2. The highest BCUT2D eigenvalue weighted by molar-refractivity contribution is 7.99. The second-order valence-electron chi connectivity index (χ2n) is 5.58. The molecule has 2 N–H and O–H groups in total. The third kappa shape index (κ3) is 4.53. The van der Waals surface area contributed by atoms with Gasteiger partial charge in [0.25, 0.3) is 0 Å². The maximum absolute atomic E-state index is 4.38. The van der Waals surface area contributed by atoms with Crippen molar-refractivity contribution >= 4 is 11.8 Å². The number of hydrogen-bond acceptors (Lipinski definition) is 3. The Labute approximate surface area is 121 Å². The zero-order chi connectivity index (χ0) is 13.5. The van der Waals surface area contributed by atoms with E-state index in [2.05, 4.69) is 29.1 Å². The molecular formula is C15H27N3S. The van der Waals surface area contributed by atoms with Crippen LogP contribution >= 0.6 is 11.8 Å². The average Bonchev–Trinajstić information content (AvgIpc) is 2.91. The van der Waals surface area contributed by atoms with Crippen LogP contribution in [0.25, 0.3) is 0 Å². The molecule has 1 heterocycles. The van der Waals surface area contributed by atoms with E-state index in [0.717, 1.165) is 17.6 Å². The number of aromatic amines is 1. The number of thioether (sulfide) groups is 1. The lowest BCUT2D eigenvalue weighted by Crippen LogP contribution is -2.43. The molecule has 1 saturated carbocycles. The van der Waals surface area contributed by atoms with Crippen LogP contribution in [0.4, 0.5) is 0 Å². The Hall–Kier alpha value is -0.480. The summed E-state index contributed by atoms with van der Waals surface area (Å²) >= 11 is 1.93. The van der Waals surface area contributed by atoms with Gasteiger partial charge in [0.2, 0.25) is 0 Å². The van der Waals surface area contributed by atoms with E-state index in [1.54, 1.807) is 0 Å². The van der Waals surface area contributed by atoms with Crippen LogP contribution in [0, 0.1) is 5.92 Å². The van der Waals surface area contributed by atoms with Crippen LogP contribution in [0.2, 0.25) is 0 Å². The van der Waals surface area contributed by atoms with E-state index in [1.807, 2.05) is 24.2 Å². The first-order valence-corrected chi connectivity index (χ1v) is 8.60. The summed E-state index contributed by atoms with van der Waals surface area (Å²) in [5.41, 5.74) is 0. The molecule has 0 bridgehead atoms. The Kier molecular flexibility index (Phi) is 6.24. The summed E-state index contributed by atoms with van der Waals surface area (Å²) in [4.78, 5) is 7.61. The Bertz CT molecular complexity index is 339. The maximum atomic E-state index is 4.38. The molecule has 2 rings (SSSR count). The number of H-pyrrole nitrogens is 1. The highest BCUT2D eigenvalue weighted by Crippen LogP contribution is 2.37. The number of imidazole rings is 1. The van der Waals surface area contributed by atoms with Gasteiger partial charge in [-0.15, -0.1) is 0 Å². The fraction of sp³-hybridized carbons (Fsp3) is 0.800. The van der Waals surface area contributed by atoms with Gasteiger partial charge >= 0.3 is 0 Å². The first kappa shape index (κ1) is 14.9. The highest BCUT2D eigenvalue weighted by atomic mass is 32.2. The van der Waals surface area contributed by atoms with Gasteiger partial charge in [-0.3, -0.25) is 0 Å². The minimum atomic E-state index is 0.656.